The smallest absolute Gasteiger partial charge is 0.117 e. The zero-order chi connectivity index (χ0) is 8.55. The third kappa shape index (κ3) is 1.25. The van der Waals surface area contributed by atoms with Crippen LogP contribution in [-0.2, 0) is 0 Å². The highest BCUT2D eigenvalue weighted by Crippen LogP contribution is 2.25. The van der Waals surface area contributed by atoms with Crippen LogP contribution in [0.5, 0.6) is 0 Å². The molecule has 0 saturated carbocycles. The third-order valence-electron chi connectivity index (χ3n) is 1.57. The molecule has 0 aliphatic rings. The second-order valence-electron chi connectivity index (χ2n) is 2.30. The van der Waals surface area contributed by atoms with Crippen molar-refractivity contribution >= 4 is 42.8 Å². The minimum absolute atomic E-state index is 0.828. The molecular formula is C8H4Br2N2. The summed E-state index contributed by atoms with van der Waals surface area (Å²) in [4.78, 5) is 8.19. The Kier molecular flexibility index (Phi) is 2.11. The van der Waals surface area contributed by atoms with Crippen LogP contribution in [0.1, 0.15) is 0 Å². The van der Waals surface area contributed by atoms with E-state index in [4.69, 9.17) is 0 Å². The van der Waals surface area contributed by atoms with Gasteiger partial charge < -0.3 is 0 Å². The SMILES string of the molecule is Brc1ncnc2c(Br)cccc12. The van der Waals surface area contributed by atoms with Crippen LogP contribution in [0.4, 0.5) is 0 Å². The Bertz CT molecular complexity index is 387. The highest BCUT2D eigenvalue weighted by molar-refractivity contribution is 9.11. The number of rotatable bonds is 0. The van der Waals surface area contributed by atoms with Crippen LogP contribution < -0.4 is 0 Å². The van der Waals surface area contributed by atoms with Crippen molar-refractivity contribution in [3.63, 3.8) is 0 Å². The summed E-state index contributed by atoms with van der Waals surface area (Å²) in [7, 11) is 0. The normalized spacial score (nSPS) is 10.5. The highest BCUT2D eigenvalue weighted by Gasteiger charge is 2.01. The monoisotopic (exact) mass is 286 g/mol. The first kappa shape index (κ1) is 8.13. The van der Waals surface area contributed by atoms with Gasteiger partial charge in [-0.25, -0.2) is 9.97 Å². The van der Waals surface area contributed by atoms with Gasteiger partial charge in [0.25, 0.3) is 0 Å². The van der Waals surface area contributed by atoms with E-state index in [0.29, 0.717) is 0 Å². The molecule has 0 unspecified atom stereocenters. The molecule has 2 rings (SSSR count). The van der Waals surface area contributed by atoms with Crippen LogP contribution in [0.2, 0.25) is 0 Å². The van der Waals surface area contributed by atoms with Crippen LogP contribution in [0, 0.1) is 0 Å². The third-order valence-corrected chi connectivity index (χ3v) is 2.84. The Labute approximate surface area is 86.3 Å². The van der Waals surface area contributed by atoms with Gasteiger partial charge in [-0.15, -0.1) is 0 Å². The summed E-state index contributed by atoms with van der Waals surface area (Å²) < 4.78 is 1.82. The fraction of sp³-hybridized carbons (Fsp3) is 0. The first-order valence-corrected chi connectivity index (χ1v) is 4.92. The lowest BCUT2D eigenvalue weighted by molar-refractivity contribution is 1.19. The van der Waals surface area contributed by atoms with Crippen LogP contribution in [0.15, 0.2) is 33.6 Å². The minimum Gasteiger partial charge on any atom is -0.235 e. The maximum absolute atomic E-state index is 4.15. The Morgan fingerprint density at radius 2 is 1.92 bits per heavy atom. The summed E-state index contributed by atoms with van der Waals surface area (Å²) in [5, 5.41) is 1.02. The molecule has 1 aromatic carbocycles. The standard InChI is InChI=1S/C8H4Br2N2/c9-6-3-1-2-5-7(6)11-4-12-8(5)10/h1-4H. The van der Waals surface area contributed by atoms with E-state index in [0.717, 1.165) is 20.0 Å². The predicted molar refractivity (Wildman–Crippen MR) is 54.9 cm³/mol. The molecule has 0 fully saturated rings. The molecule has 0 N–H and O–H groups in total. The Hall–Kier alpha value is -0.480. The van der Waals surface area contributed by atoms with E-state index in [1.165, 1.54) is 6.33 Å². The Balaban J connectivity index is 2.94. The quantitative estimate of drug-likeness (QED) is 0.696. The zero-order valence-corrected chi connectivity index (χ0v) is 9.13. The van der Waals surface area contributed by atoms with Crippen molar-refractivity contribution in [3.8, 4) is 0 Å². The van der Waals surface area contributed by atoms with E-state index < -0.39 is 0 Å². The average Bonchev–Trinajstić information content (AvgIpc) is 2.07. The summed E-state index contributed by atoms with van der Waals surface area (Å²) in [6.45, 7) is 0. The summed E-state index contributed by atoms with van der Waals surface area (Å²) in [5.74, 6) is 0. The van der Waals surface area contributed by atoms with Crippen LogP contribution in [0.25, 0.3) is 10.9 Å². The van der Waals surface area contributed by atoms with Crippen molar-refractivity contribution < 1.29 is 0 Å². The molecule has 4 heteroatoms. The van der Waals surface area contributed by atoms with Gasteiger partial charge in [-0.05, 0) is 44.0 Å². The summed E-state index contributed by atoms with van der Waals surface area (Å²) in [5.41, 5.74) is 0.930. The number of hydrogen-bond acceptors (Lipinski definition) is 2. The Morgan fingerprint density at radius 1 is 1.08 bits per heavy atom. The first-order chi connectivity index (χ1) is 5.79. The molecule has 0 saturated heterocycles. The van der Waals surface area contributed by atoms with Gasteiger partial charge in [0.1, 0.15) is 10.9 Å². The van der Waals surface area contributed by atoms with Crippen molar-refractivity contribution in [3.05, 3.63) is 33.6 Å². The van der Waals surface area contributed by atoms with Gasteiger partial charge in [0.05, 0.1) is 5.52 Å². The fourth-order valence-corrected chi connectivity index (χ4v) is 1.90. The van der Waals surface area contributed by atoms with Crippen molar-refractivity contribution in [1.82, 2.24) is 9.97 Å². The molecule has 1 aromatic heterocycles. The topological polar surface area (TPSA) is 25.8 Å². The summed E-state index contributed by atoms with van der Waals surface area (Å²) >= 11 is 6.78. The van der Waals surface area contributed by atoms with Gasteiger partial charge in [-0.1, -0.05) is 6.07 Å². The number of nitrogens with zero attached hydrogens (tertiary/aromatic N) is 2. The molecule has 2 aromatic rings. The molecular weight excluding hydrogens is 284 g/mol. The number of aromatic nitrogens is 2. The maximum atomic E-state index is 4.15. The number of hydrogen-bond donors (Lipinski definition) is 0. The van der Waals surface area contributed by atoms with Gasteiger partial charge in [0, 0.05) is 9.86 Å². The molecule has 0 atom stereocenters. The molecule has 60 valence electrons. The number of para-hydroxylation sites is 1. The van der Waals surface area contributed by atoms with Gasteiger partial charge in [-0.2, -0.15) is 0 Å². The van der Waals surface area contributed by atoms with Crippen molar-refractivity contribution in [2.75, 3.05) is 0 Å². The number of halogens is 2. The number of fused-ring (bicyclic) bond motifs is 1. The molecule has 0 aliphatic carbocycles. The maximum Gasteiger partial charge on any atom is 0.117 e. The van der Waals surface area contributed by atoms with Crippen LogP contribution >= 0.6 is 31.9 Å². The predicted octanol–water partition coefficient (Wildman–Crippen LogP) is 3.15. The van der Waals surface area contributed by atoms with Crippen molar-refractivity contribution in [2.24, 2.45) is 0 Å². The van der Waals surface area contributed by atoms with Crippen LogP contribution in [0.3, 0.4) is 0 Å². The van der Waals surface area contributed by atoms with E-state index >= 15 is 0 Å². The molecule has 2 nitrogen and oxygen atoms in total. The lowest BCUT2D eigenvalue weighted by Gasteiger charge is -1.99. The van der Waals surface area contributed by atoms with Gasteiger partial charge in [-0.3, -0.25) is 0 Å². The van der Waals surface area contributed by atoms with Gasteiger partial charge in [0.2, 0.25) is 0 Å². The van der Waals surface area contributed by atoms with Gasteiger partial charge >= 0.3 is 0 Å². The Morgan fingerprint density at radius 3 is 2.67 bits per heavy atom. The van der Waals surface area contributed by atoms with Crippen molar-refractivity contribution in [1.29, 1.82) is 0 Å². The molecule has 1 heterocycles. The second kappa shape index (κ2) is 3.11. The molecule has 0 radical (unpaired) electrons. The lowest BCUT2D eigenvalue weighted by atomic mass is 10.2. The molecule has 0 amide bonds. The minimum atomic E-state index is 0.828. The molecule has 0 bridgehead atoms. The fourth-order valence-electron chi connectivity index (χ4n) is 1.02. The van der Waals surface area contributed by atoms with E-state index in [-0.39, 0.29) is 0 Å². The molecule has 0 spiro atoms. The molecule has 12 heavy (non-hydrogen) atoms. The first-order valence-electron chi connectivity index (χ1n) is 3.34. The largest absolute Gasteiger partial charge is 0.235 e. The van der Waals surface area contributed by atoms with E-state index in [1.807, 2.05) is 18.2 Å². The summed E-state index contributed by atoms with van der Waals surface area (Å²) in [6, 6.07) is 5.90. The van der Waals surface area contributed by atoms with Gasteiger partial charge in [0.15, 0.2) is 0 Å². The number of benzene rings is 1. The van der Waals surface area contributed by atoms with E-state index in [9.17, 15) is 0 Å². The zero-order valence-electron chi connectivity index (χ0n) is 5.96. The van der Waals surface area contributed by atoms with E-state index in [1.54, 1.807) is 0 Å². The highest BCUT2D eigenvalue weighted by atomic mass is 79.9. The lowest BCUT2D eigenvalue weighted by Crippen LogP contribution is -1.83. The second-order valence-corrected chi connectivity index (χ2v) is 3.91. The van der Waals surface area contributed by atoms with Crippen LogP contribution in [-0.4, -0.2) is 9.97 Å². The molecule has 0 aliphatic heterocycles. The average molecular weight is 288 g/mol. The summed E-state index contributed by atoms with van der Waals surface area (Å²) in [6.07, 6.45) is 1.54. The van der Waals surface area contributed by atoms with E-state index in [2.05, 4.69) is 41.8 Å². The van der Waals surface area contributed by atoms with Crippen molar-refractivity contribution in [2.45, 2.75) is 0 Å².